The molecule has 10 heteroatoms. The van der Waals surface area contributed by atoms with Crippen LogP contribution >= 0.6 is 22.6 Å². The second-order valence-electron chi connectivity index (χ2n) is 9.70. The van der Waals surface area contributed by atoms with E-state index < -0.39 is 52.4 Å². The molecule has 4 aromatic rings. The topological polar surface area (TPSA) is 114 Å². The Kier molecular flexibility index (Phi) is 10.4. The minimum Gasteiger partial charge on any atom is -0.459 e. The molecule has 224 valence electrons. The highest BCUT2D eigenvalue weighted by molar-refractivity contribution is 14.1. The van der Waals surface area contributed by atoms with Crippen LogP contribution < -0.4 is 0 Å². The molecular formula is C34H27IO9. The van der Waals surface area contributed by atoms with E-state index in [0.29, 0.717) is 5.56 Å². The van der Waals surface area contributed by atoms with Crippen molar-refractivity contribution in [1.82, 2.24) is 0 Å². The second kappa shape index (κ2) is 14.8. The number of carbonyl (C=O) groups excluding carboxylic acids is 4. The van der Waals surface area contributed by atoms with Crippen LogP contribution in [0.5, 0.6) is 0 Å². The molecule has 0 spiro atoms. The number of hydrogen-bond donors (Lipinski definition) is 0. The van der Waals surface area contributed by atoms with Crippen LogP contribution in [-0.2, 0) is 23.7 Å². The number of rotatable bonds is 9. The number of benzene rings is 4. The third-order valence-electron chi connectivity index (χ3n) is 6.72. The van der Waals surface area contributed by atoms with E-state index in [4.69, 9.17) is 23.7 Å². The number of hydrogen-bond acceptors (Lipinski definition) is 9. The number of ether oxygens (including phenoxy) is 5. The van der Waals surface area contributed by atoms with Crippen LogP contribution in [-0.4, -0.2) is 59.0 Å². The highest BCUT2D eigenvalue weighted by Gasteiger charge is 2.52. The van der Waals surface area contributed by atoms with E-state index in [1.807, 2.05) is 22.6 Å². The summed E-state index contributed by atoms with van der Waals surface area (Å²) >= 11 is 1.92. The first-order valence-electron chi connectivity index (χ1n) is 13.7. The van der Waals surface area contributed by atoms with E-state index in [9.17, 15) is 19.2 Å². The summed E-state index contributed by atoms with van der Waals surface area (Å²) in [7, 11) is 0. The summed E-state index contributed by atoms with van der Waals surface area (Å²) in [5.41, 5.74) is 1.04. The average molecular weight is 706 g/mol. The third-order valence-corrected chi connectivity index (χ3v) is 7.73. The Hall–Kier alpha value is -4.55. The predicted octanol–water partition coefficient (Wildman–Crippen LogP) is 5.68. The van der Waals surface area contributed by atoms with Gasteiger partial charge in [0.25, 0.3) is 0 Å². The van der Waals surface area contributed by atoms with Gasteiger partial charge in [-0.3, -0.25) is 0 Å². The van der Waals surface area contributed by atoms with Crippen LogP contribution in [0.4, 0.5) is 0 Å². The summed E-state index contributed by atoms with van der Waals surface area (Å²) in [5.74, 6) is -2.78. The van der Waals surface area contributed by atoms with E-state index in [1.165, 1.54) is 0 Å². The summed E-state index contributed by atoms with van der Waals surface area (Å²) < 4.78 is 28.5. The van der Waals surface area contributed by atoms with Crippen molar-refractivity contribution < 1.29 is 42.9 Å². The Bertz CT molecular complexity index is 1570. The second-order valence-corrected chi connectivity index (χ2v) is 10.9. The number of halogens is 1. The molecule has 0 amide bonds. The molecule has 0 unspecified atom stereocenters. The third kappa shape index (κ3) is 7.69. The molecule has 0 radical (unpaired) electrons. The first kappa shape index (κ1) is 30.9. The number of alkyl halides is 1. The van der Waals surface area contributed by atoms with E-state index >= 15 is 0 Å². The summed E-state index contributed by atoms with van der Waals surface area (Å²) in [6.07, 6.45) is -4.96. The first-order valence-corrected chi connectivity index (χ1v) is 14.9. The van der Waals surface area contributed by atoms with Crippen LogP contribution in [0.1, 0.15) is 41.4 Å². The smallest absolute Gasteiger partial charge is 0.338 e. The molecule has 0 aromatic heterocycles. The lowest BCUT2D eigenvalue weighted by molar-refractivity contribution is -0.203. The fraction of sp³-hybridized carbons (Fsp3) is 0.176. The van der Waals surface area contributed by atoms with Crippen LogP contribution in [0.2, 0.25) is 0 Å². The molecule has 5 atom stereocenters. The maximum Gasteiger partial charge on any atom is 0.338 e. The van der Waals surface area contributed by atoms with Gasteiger partial charge in [-0.15, -0.1) is 0 Å². The maximum absolute atomic E-state index is 13.3. The molecule has 4 aromatic carbocycles. The Morgan fingerprint density at radius 2 is 0.841 bits per heavy atom. The van der Waals surface area contributed by atoms with Crippen LogP contribution in [0.25, 0.3) is 0 Å². The fourth-order valence-electron chi connectivity index (χ4n) is 4.51. The average Bonchev–Trinajstić information content (AvgIpc) is 3.07. The first-order chi connectivity index (χ1) is 21.4. The van der Waals surface area contributed by atoms with Gasteiger partial charge < -0.3 is 23.7 Å². The Balaban J connectivity index is 1.48. The van der Waals surface area contributed by atoms with Gasteiger partial charge in [-0.1, -0.05) is 72.8 Å². The van der Waals surface area contributed by atoms with E-state index in [0.717, 1.165) is 0 Å². The molecule has 0 N–H and O–H groups in total. The van der Waals surface area contributed by atoms with E-state index in [2.05, 4.69) is 0 Å². The SMILES string of the molecule is O=C(OC[C@H]1O[C@H](I)[C@H](OC(=O)c2ccccc2)[C@@H](OC(=O)c2ccccc2)[C@H]1OC(=O)c1ccccc1)c1ccccc1. The van der Waals surface area contributed by atoms with Gasteiger partial charge >= 0.3 is 23.9 Å². The largest absolute Gasteiger partial charge is 0.459 e. The maximum atomic E-state index is 13.3. The summed E-state index contributed by atoms with van der Waals surface area (Å²) in [4.78, 5) is 52.6. The molecule has 1 aliphatic heterocycles. The van der Waals surface area contributed by atoms with Gasteiger partial charge in [-0.2, -0.15) is 0 Å². The molecule has 1 heterocycles. The quantitative estimate of drug-likeness (QED) is 0.0939. The fourth-order valence-corrected chi connectivity index (χ4v) is 5.45. The van der Waals surface area contributed by atoms with Gasteiger partial charge in [0.05, 0.1) is 22.3 Å². The summed E-state index contributed by atoms with van der Waals surface area (Å²) in [6.45, 7) is -0.349. The van der Waals surface area contributed by atoms with Gasteiger partial charge in [-0.05, 0) is 71.1 Å². The molecule has 5 rings (SSSR count). The number of carbonyl (C=O) groups is 4. The Morgan fingerprint density at radius 3 is 1.25 bits per heavy atom. The van der Waals surface area contributed by atoms with Crippen molar-refractivity contribution in [2.45, 2.75) is 28.5 Å². The monoisotopic (exact) mass is 706 g/mol. The molecule has 9 nitrogen and oxygen atoms in total. The van der Waals surface area contributed by atoms with Crippen molar-refractivity contribution in [2.75, 3.05) is 6.61 Å². The van der Waals surface area contributed by atoms with Gasteiger partial charge in [0.2, 0.25) is 0 Å². The van der Waals surface area contributed by atoms with Crippen molar-refractivity contribution in [1.29, 1.82) is 0 Å². The van der Waals surface area contributed by atoms with Crippen molar-refractivity contribution in [2.24, 2.45) is 0 Å². The zero-order valence-corrected chi connectivity index (χ0v) is 25.4. The minimum atomic E-state index is -1.33. The van der Waals surface area contributed by atoms with Crippen LogP contribution in [0, 0.1) is 0 Å². The lowest BCUT2D eigenvalue weighted by Gasteiger charge is -2.43. The normalized spacial score (nSPS) is 21.0. The highest BCUT2D eigenvalue weighted by atomic mass is 127. The molecule has 1 fully saturated rings. The molecular weight excluding hydrogens is 679 g/mol. The lowest BCUT2D eigenvalue weighted by Crippen LogP contribution is -2.61. The standard InChI is InChI=1S/C34H27IO9/c35-30-29(44-34(39)25-19-11-4-12-20-25)28(43-33(38)24-17-9-3-10-18-24)27(42-32(37)23-15-7-2-8-16-23)26(41-30)21-40-31(36)22-13-5-1-6-14-22/h1-20,26-30H,21H2/t26-,27+,28+,29-,30+/m1/s1. The van der Waals surface area contributed by atoms with Gasteiger partial charge in [0, 0.05) is 0 Å². The summed E-state index contributed by atoms with van der Waals surface area (Å²) in [6, 6.07) is 33.1. The molecule has 1 saturated heterocycles. The molecule has 44 heavy (non-hydrogen) atoms. The zero-order valence-electron chi connectivity index (χ0n) is 23.2. The molecule has 0 bridgehead atoms. The van der Waals surface area contributed by atoms with Gasteiger partial charge in [0.1, 0.15) is 16.8 Å². The van der Waals surface area contributed by atoms with E-state index in [1.54, 1.807) is 121 Å². The van der Waals surface area contributed by atoms with Crippen molar-refractivity contribution in [3.63, 3.8) is 0 Å². The Labute approximate surface area is 267 Å². The zero-order chi connectivity index (χ0) is 30.9. The minimum absolute atomic E-state index is 0.232. The van der Waals surface area contributed by atoms with Gasteiger partial charge in [0.15, 0.2) is 18.3 Å². The molecule has 0 aliphatic carbocycles. The van der Waals surface area contributed by atoms with E-state index in [-0.39, 0.29) is 23.3 Å². The predicted molar refractivity (Wildman–Crippen MR) is 166 cm³/mol. The number of esters is 4. The van der Waals surface area contributed by atoms with Crippen LogP contribution in [0.3, 0.4) is 0 Å². The highest BCUT2D eigenvalue weighted by Crippen LogP contribution is 2.33. The lowest BCUT2D eigenvalue weighted by atomic mass is 9.99. The van der Waals surface area contributed by atoms with Crippen LogP contribution in [0.15, 0.2) is 121 Å². The summed E-state index contributed by atoms with van der Waals surface area (Å²) in [5, 5.41) is 0. The Morgan fingerprint density at radius 1 is 0.500 bits per heavy atom. The molecule has 1 aliphatic rings. The van der Waals surface area contributed by atoms with Crippen molar-refractivity contribution >= 4 is 46.5 Å². The van der Waals surface area contributed by atoms with Crippen molar-refractivity contribution in [3.05, 3.63) is 144 Å². The van der Waals surface area contributed by atoms with Crippen molar-refractivity contribution in [3.8, 4) is 0 Å². The van der Waals surface area contributed by atoms with Gasteiger partial charge in [-0.25, -0.2) is 19.2 Å². The molecule has 0 saturated carbocycles.